The third kappa shape index (κ3) is 4.84. The van der Waals surface area contributed by atoms with E-state index in [1.54, 1.807) is 12.1 Å². The van der Waals surface area contributed by atoms with Crippen LogP contribution in [-0.4, -0.2) is 28.5 Å². The number of hydrogen-bond donors (Lipinski definition) is 0. The average Bonchev–Trinajstić information content (AvgIpc) is 3.05. The van der Waals surface area contributed by atoms with E-state index in [9.17, 15) is 14.0 Å². The van der Waals surface area contributed by atoms with Gasteiger partial charge in [0.1, 0.15) is 23.5 Å². The van der Waals surface area contributed by atoms with Crippen molar-refractivity contribution in [3.05, 3.63) is 71.0 Å². The maximum Gasteiger partial charge on any atom is 0.275 e. The highest BCUT2D eigenvalue weighted by Gasteiger charge is 2.53. The summed E-state index contributed by atoms with van der Waals surface area (Å²) in [5.41, 5.74) is 2.14. The molecule has 0 aromatic heterocycles. The summed E-state index contributed by atoms with van der Waals surface area (Å²) in [6.07, 6.45) is 5.39. The second kappa shape index (κ2) is 9.81. The molecular formula is C29H35FN2O2. The first-order valence-electron chi connectivity index (χ1n) is 12.5. The summed E-state index contributed by atoms with van der Waals surface area (Å²) < 4.78 is 13.6. The van der Waals surface area contributed by atoms with Gasteiger partial charge in [-0.2, -0.15) is 0 Å². The summed E-state index contributed by atoms with van der Waals surface area (Å²) in [4.78, 5) is 32.5. The number of aldehydes is 1. The molecule has 1 aliphatic carbocycles. The zero-order valence-corrected chi connectivity index (χ0v) is 20.6. The van der Waals surface area contributed by atoms with Crippen LogP contribution in [0.4, 0.5) is 4.39 Å². The Kier molecular flexibility index (Phi) is 7.01. The van der Waals surface area contributed by atoms with E-state index in [0.717, 1.165) is 44.0 Å². The molecule has 2 aromatic rings. The molecule has 4 nitrogen and oxygen atoms in total. The van der Waals surface area contributed by atoms with Gasteiger partial charge in [-0.15, -0.1) is 0 Å². The van der Waals surface area contributed by atoms with E-state index < -0.39 is 5.66 Å². The number of rotatable bonds is 7. The lowest BCUT2D eigenvalue weighted by Crippen LogP contribution is -2.52. The number of halogens is 1. The van der Waals surface area contributed by atoms with Gasteiger partial charge >= 0.3 is 0 Å². The highest BCUT2D eigenvalue weighted by atomic mass is 19.1. The largest absolute Gasteiger partial charge is 0.305 e. The quantitative estimate of drug-likeness (QED) is 0.435. The molecule has 2 aromatic carbocycles. The first-order valence-corrected chi connectivity index (χ1v) is 12.5. The van der Waals surface area contributed by atoms with Crippen molar-refractivity contribution in [2.24, 2.45) is 22.7 Å². The Morgan fingerprint density at radius 2 is 1.65 bits per heavy atom. The Morgan fingerprint density at radius 3 is 2.21 bits per heavy atom. The second-order valence-electron chi connectivity index (χ2n) is 10.8. The molecule has 0 radical (unpaired) electrons. The van der Waals surface area contributed by atoms with Crippen LogP contribution in [0.1, 0.15) is 87.3 Å². The first kappa shape index (κ1) is 24.3. The molecule has 1 amide bonds. The summed E-state index contributed by atoms with van der Waals surface area (Å²) in [5.74, 6) is 0.969. The van der Waals surface area contributed by atoms with Crippen LogP contribution in [0.5, 0.6) is 0 Å². The minimum absolute atomic E-state index is 0.0823. The minimum atomic E-state index is -0.608. The van der Waals surface area contributed by atoms with Crippen LogP contribution in [0.15, 0.2) is 53.5 Å². The van der Waals surface area contributed by atoms with Crippen molar-refractivity contribution in [1.82, 2.24) is 4.90 Å². The Labute approximate surface area is 202 Å². The molecule has 1 aliphatic heterocycles. The van der Waals surface area contributed by atoms with E-state index in [-0.39, 0.29) is 17.8 Å². The summed E-state index contributed by atoms with van der Waals surface area (Å²) >= 11 is 0. The van der Waals surface area contributed by atoms with Gasteiger partial charge in [-0.05, 0) is 79.7 Å². The second-order valence-corrected chi connectivity index (χ2v) is 10.8. The monoisotopic (exact) mass is 462 g/mol. The lowest BCUT2D eigenvalue weighted by Gasteiger charge is -2.47. The Hall–Kier alpha value is -2.82. The lowest BCUT2D eigenvalue weighted by atomic mass is 9.75. The highest BCUT2D eigenvalue weighted by Crippen LogP contribution is 2.48. The van der Waals surface area contributed by atoms with Gasteiger partial charge in [0.25, 0.3) is 5.91 Å². The molecule has 180 valence electrons. The summed E-state index contributed by atoms with van der Waals surface area (Å²) in [6, 6.07) is 13.5. The topological polar surface area (TPSA) is 49.7 Å². The lowest BCUT2D eigenvalue weighted by molar-refractivity contribution is -0.134. The molecule has 1 spiro atoms. The van der Waals surface area contributed by atoms with E-state index in [4.69, 9.17) is 4.99 Å². The van der Waals surface area contributed by atoms with Crippen LogP contribution in [-0.2, 0) is 4.79 Å². The predicted octanol–water partition coefficient (Wildman–Crippen LogP) is 6.60. The normalized spacial score (nSPS) is 25.6. The molecule has 5 heteroatoms. The third-order valence-electron chi connectivity index (χ3n) is 7.25. The fourth-order valence-corrected chi connectivity index (χ4v) is 5.91. The van der Waals surface area contributed by atoms with E-state index in [1.165, 1.54) is 12.1 Å². The first-order chi connectivity index (χ1) is 16.2. The Balaban J connectivity index is 1.82. The van der Waals surface area contributed by atoms with Crippen molar-refractivity contribution in [2.45, 2.75) is 71.5 Å². The number of amides is 1. The van der Waals surface area contributed by atoms with Crippen LogP contribution in [0.2, 0.25) is 0 Å². The molecule has 0 N–H and O–H groups in total. The Bertz CT molecular complexity index is 1050. The zero-order chi connectivity index (χ0) is 24.5. The Morgan fingerprint density at radius 1 is 1.03 bits per heavy atom. The van der Waals surface area contributed by atoms with Crippen molar-refractivity contribution < 1.29 is 14.0 Å². The van der Waals surface area contributed by atoms with Crippen molar-refractivity contribution >= 4 is 17.9 Å². The van der Waals surface area contributed by atoms with E-state index >= 15 is 0 Å². The fraction of sp³-hybridized carbons (Fsp3) is 0.483. The SMILES string of the molecule is CC(C)CCC(c1ccc(C=O)cc1)N1C(=O)C(c2ccc(F)cc2)=NC12CC(C)CC(C)C2. The number of nitrogens with zero attached hydrogens (tertiary/aromatic N) is 2. The molecular weight excluding hydrogens is 427 g/mol. The fourth-order valence-electron chi connectivity index (χ4n) is 5.91. The summed E-state index contributed by atoms with van der Waals surface area (Å²) in [5, 5.41) is 0. The van der Waals surface area contributed by atoms with E-state index in [0.29, 0.717) is 34.6 Å². The van der Waals surface area contributed by atoms with Gasteiger partial charge in [-0.1, -0.05) is 52.0 Å². The van der Waals surface area contributed by atoms with Gasteiger partial charge in [0.05, 0.1) is 6.04 Å². The molecule has 1 saturated carbocycles. The standard InChI is InChI=1S/C29H35FN2O2/c1-19(2)5-14-26(23-8-6-22(18-33)7-9-23)32-28(34)27(24-10-12-25(30)13-11-24)31-29(32)16-20(3)15-21(4)17-29/h6-13,18-21,26H,5,14-17H2,1-4H3. The third-order valence-corrected chi connectivity index (χ3v) is 7.25. The van der Waals surface area contributed by atoms with E-state index in [2.05, 4.69) is 27.7 Å². The van der Waals surface area contributed by atoms with Crippen molar-refractivity contribution in [3.63, 3.8) is 0 Å². The number of carbonyl (C=O) groups is 2. The van der Waals surface area contributed by atoms with Gasteiger partial charge in [-0.3, -0.25) is 14.6 Å². The molecule has 3 atom stereocenters. The molecule has 4 rings (SSSR count). The number of hydrogen-bond acceptors (Lipinski definition) is 3. The van der Waals surface area contributed by atoms with Gasteiger partial charge in [-0.25, -0.2) is 4.39 Å². The number of benzene rings is 2. The van der Waals surface area contributed by atoms with Crippen LogP contribution in [0.3, 0.4) is 0 Å². The van der Waals surface area contributed by atoms with Crippen LogP contribution < -0.4 is 0 Å². The highest BCUT2D eigenvalue weighted by molar-refractivity contribution is 6.46. The summed E-state index contributed by atoms with van der Waals surface area (Å²) in [6.45, 7) is 8.87. The molecule has 3 unspecified atom stereocenters. The van der Waals surface area contributed by atoms with Crippen molar-refractivity contribution in [2.75, 3.05) is 0 Å². The number of aliphatic imine (C=N–C) groups is 1. The predicted molar refractivity (Wildman–Crippen MR) is 133 cm³/mol. The van der Waals surface area contributed by atoms with Crippen LogP contribution >= 0.6 is 0 Å². The van der Waals surface area contributed by atoms with Crippen molar-refractivity contribution in [3.8, 4) is 0 Å². The molecule has 1 heterocycles. The maximum absolute atomic E-state index is 14.1. The van der Waals surface area contributed by atoms with E-state index in [1.807, 2.05) is 29.2 Å². The minimum Gasteiger partial charge on any atom is -0.305 e. The molecule has 2 aliphatic rings. The molecule has 34 heavy (non-hydrogen) atoms. The van der Waals surface area contributed by atoms with Gasteiger partial charge < -0.3 is 4.90 Å². The molecule has 1 fully saturated rings. The smallest absolute Gasteiger partial charge is 0.275 e. The van der Waals surface area contributed by atoms with Gasteiger partial charge in [0.2, 0.25) is 0 Å². The average molecular weight is 463 g/mol. The zero-order valence-electron chi connectivity index (χ0n) is 20.6. The maximum atomic E-state index is 14.1. The van der Waals surface area contributed by atoms with Gasteiger partial charge in [0, 0.05) is 11.1 Å². The van der Waals surface area contributed by atoms with Crippen molar-refractivity contribution in [1.29, 1.82) is 0 Å². The van der Waals surface area contributed by atoms with Gasteiger partial charge in [0.15, 0.2) is 0 Å². The van der Waals surface area contributed by atoms with Crippen LogP contribution in [0.25, 0.3) is 0 Å². The van der Waals surface area contributed by atoms with Crippen LogP contribution in [0, 0.1) is 23.6 Å². The number of carbonyl (C=O) groups excluding carboxylic acids is 2. The molecule has 0 saturated heterocycles. The molecule has 0 bridgehead atoms. The summed E-state index contributed by atoms with van der Waals surface area (Å²) in [7, 11) is 0.